The maximum Gasteiger partial charge on any atom is 0.274 e. The molecule has 19 heavy (non-hydrogen) atoms. The third kappa shape index (κ3) is 2.71. The number of sulfonamides is 1. The molecule has 0 aliphatic carbocycles. The maximum absolute atomic E-state index is 12.0. The largest absolute Gasteiger partial charge is 0.440 e. The van der Waals surface area contributed by atoms with Crippen molar-refractivity contribution in [2.75, 3.05) is 0 Å². The number of nitrogens with zero attached hydrogens (tertiary/aromatic N) is 3. The summed E-state index contributed by atoms with van der Waals surface area (Å²) in [5, 5.41) is 7.17. The van der Waals surface area contributed by atoms with E-state index in [0.717, 1.165) is 0 Å². The van der Waals surface area contributed by atoms with Gasteiger partial charge in [0.05, 0.1) is 6.04 Å². The second kappa shape index (κ2) is 4.94. The van der Waals surface area contributed by atoms with Crippen LogP contribution < -0.4 is 4.72 Å². The summed E-state index contributed by atoms with van der Waals surface area (Å²) < 4.78 is 32.9. The van der Waals surface area contributed by atoms with Crippen LogP contribution in [0.3, 0.4) is 0 Å². The lowest BCUT2D eigenvalue weighted by atomic mass is 10.3. The zero-order chi connectivity index (χ0) is 14.0. The van der Waals surface area contributed by atoms with Crippen LogP contribution in [0.4, 0.5) is 0 Å². The van der Waals surface area contributed by atoms with Gasteiger partial charge >= 0.3 is 0 Å². The van der Waals surface area contributed by atoms with Gasteiger partial charge in [0.1, 0.15) is 12.2 Å². The van der Waals surface area contributed by atoms with Gasteiger partial charge in [0, 0.05) is 7.05 Å². The van der Waals surface area contributed by atoms with Gasteiger partial charge in [0.15, 0.2) is 12.0 Å². The molecule has 2 rings (SSSR count). The van der Waals surface area contributed by atoms with Crippen LogP contribution in [-0.4, -0.2) is 29.5 Å². The third-order valence-corrected chi connectivity index (χ3v) is 3.86. The number of hydrogen-bond acceptors (Lipinski definition) is 6. The van der Waals surface area contributed by atoms with Crippen molar-refractivity contribution in [2.45, 2.75) is 18.1 Å². The van der Waals surface area contributed by atoms with Crippen molar-refractivity contribution in [3.05, 3.63) is 30.0 Å². The molecule has 0 saturated carbocycles. The molecular weight excluding hydrogens is 272 g/mol. The average Bonchev–Trinajstić information content (AvgIpc) is 2.96. The maximum atomic E-state index is 12.0. The first-order chi connectivity index (χ1) is 8.94. The number of nitrogens with one attached hydrogen (secondary N) is 1. The molecule has 8 nitrogen and oxygen atoms in total. The highest BCUT2D eigenvalue weighted by Gasteiger charge is 2.24. The topological polar surface area (TPSA) is 107 Å². The molecule has 102 valence electrons. The Balaban J connectivity index is 2.22. The van der Waals surface area contributed by atoms with Crippen LogP contribution in [0.5, 0.6) is 0 Å². The summed E-state index contributed by atoms with van der Waals surface area (Å²) in [6.07, 6.45) is 1.91. The zero-order valence-corrected chi connectivity index (χ0v) is 11.1. The van der Waals surface area contributed by atoms with Gasteiger partial charge in [-0.15, -0.1) is 10.2 Å². The Morgan fingerprint density at radius 1 is 1.47 bits per heavy atom. The van der Waals surface area contributed by atoms with E-state index in [9.17, 15) is 13.2 Å². The Kier molecular flexibility index (Phi) is 3.49. The van der Waals surface area contributed by atoms with E-state index in [0.29, 0.717) is 12.1 Å². The molecule has 9 heteroatoms. The minimum atomic E-state index is -3.85. The molecule has 2 aromatic heterocycles. The molecule has 0 saturated heterocycles. The van der Waals surface area contributed by atoms with Crippen LogP contribution in [0.2, 0.25) is 0 Å². The Labute approximate surface area is 109 Å². The zero-order valence-electron chi connectivity index (χ0n) is 10.3. The van der Waals surface area contributed by atoms with E-state index < -0.39 is 16.1 Å². The summed E-state index contributed by atoms with van der Waals surface area (Å²) in [5.41, 5.74) is 0. The molecule has 0 spiro atoms. The molecule has 1 N–H and O–H groups in total. The number of carbonyl (C=O) groups is 1. The van der Waals surface area contributed by atoms with E-state index in [1.165, 1.54) is 18.5 Å². The molecule has 2 aromatic rings. The number of furan rings is 1. The normalized spacial score (nSPS) is 13.4. The number of hydrogen-bond donors (Lipinski definition) is 1. The van der Waals surface area contributed by atoms with Crippen molar-refractivity contribution >= 4 is 16.3 Å². The fraction of sp³-hybridized carbons (Fsp3) is 0.300. The lowest BCUT2D eigenvalue weighted by Crippen LogP contribution is -2.28. The summed E-state index contributed by atoms with van der Waals surface area (Å²) in [7, 11) is -2.14. The molecule has 0 amide bonds. The Hall–Kier alpha value is -2.00. The fourth-order valence-corrected chi connectivity index (χ4v) is 2.71. The van der Waals surface area contributed by atoms with Gasteiger partial charge in [-0.3, -0.25) is 4.79 Å². The molecule has 1 atom stereocenters. The van der Waals surface area contributed by atoms with E-state index in [1.54, 1.807) is 18.5 Å². The molecule has 0 aliphatic heterocycles. The van der Waals surface area contributed by atoms with Crippen molar-refractivity contribution in [3.63, 3.8) is 0 Å². The first-order valence-corrected chi connectivity index (χ1v) is 6.83. The van der Waals surface area contributed by atoms with Gasteiger partial charge in [0.2, 0.25) is 5.09 Å². The minimum Gasteiger partial charge on any atom is -0.440 e. The van der Waals surface area contributed by atoms with Crippen molar-refractivity contribution in [3.8, 4) is 0 Å². The van der Waals surface area contributed by atoms with Gasteiger partial charge < -0.3 is 8.98 Å². The number of carbonyl (C=O) groups excluding carboxylic acids is 1. The first kappa shape index (κ1) is 13.4. The lowest BCUT2D eigenvalue weighted by molar-refractivity contribution is 0.109. The third-order valence-electron chi connectivity index (χ3n) is 2.45. The van der Waals surface area contributed by atoms with E-state index in [-0.39, 0.29) is 10.9 Å². The standard InChI is InChI=1S/C10H12N4O4S/c1-7(10-12-11-6-14(10)2)13-19(16,17)9-4-3-8(5-15)18-9/h3-7,13H,1-2H3. The molecule has 0 radical (unpaired) electrons. The average molecular weight is 284 g/mol. The molecular formula is C10H12N4O4S. The van der Waals surface area contributed by atoms with Crippen molar-refractivity contribution in [1.29, 1.82) is 0 Å². The predicted molar refractivity (Wildman–Crippen MR) is 63.8 cm³/mol. The fourth-order valence-electron chi connectivity index (χ4n) is 1.57. The van der Waals surface area contributed by atoms with E-state index in [1.807, 2.05) is 0 Å². The minimum absolute atomic E-state index is 0.0494. The quantitative estimate of drug-likeness (QED) is 0.789. The number of aromatic nitrogens is 3. The second-order valence-electron chi connectivity index (χ2n) is 3.92. The molecule has 0 aliphatic rings. The van der Waals surface area contributed by atoms with Crippen molar-refractivity contribution in [1.82, 2.24) is 19.5 Å². The predicted octanol–water partition coefficient (Wildman–Crippen LogP) is 0.260. The highest BCUT2D eigenvalue weighted by atomic mass is 32.2. The van der Waals surface area contributed by atoms with Gasteiger partial charge in [0.25, 0.3) is 10.0 Å². The van der Waals surface area contributed by atoms with Crippen molar-refractivity contribution in [2.24, 2.45) is 7.05 Å². The lowest BCUT2D eigenvalue weighted by Gasteiger charge is -2.11. The Morgan fingerprint density at radius 3 is 2.74 bits per heavy atom. The summed E-state index contributed by atoms with van der Waals surface area (Å²) >= 11 is 0. The molecule has 0 aromatic carbocycles. The van der Waals surface area contributed by atoms with Crippen LogP contribution >= 0.6 is 0 Å². The number of aryl methyl sites for hydroxylation is 1. The smallest absolute Gasteiger partial charge is 0.274 e. The Bertz CT molecular complexity index is 688. The molecule has 1 unspecified atom stereocenters. The van der Waals surface area contributed by atoms with E-state index in [2.05, 4.69) is 14.9 Å². The first-order valence-electron chi connectivity index (χ1n) is 5.35. The second-order valence-corrected chi connectivity index (χ2v) is 5.56. The summed E-state index contributed by atoms with van der Waals surface area (Å²) in [6, 6.07) is 1.92. The Morgan fingerprint density at radius 2 is 2.21 bits per heavy atom. The summed E-state index contributed by atoms with van der Waals surface area (Å²) in [6.45, 7) is 1.63. The van der Waals surface area contributed by atoms with Crippen LogP contribution in [0.25, 0.3) is 0 Å². The molecule has 2 heterocycles. The molecule has 0 bridgehead atoms. The SMILES string of the molecule is CC(NS(=O)(=O)c1ccc(C=O)o1)c1nncn1C. The number of aldehydes is 1. The van der Waals surface area contributed by atoms with Crippen molar-refractivity contribution < 1.29 is 17.6 Å². The van der Waals surface area contributed by atoms with E-state index >= 15 is 0 Å². The number of rotatable bonds is 5. The van der Waals surface area contributed by atoms with Gasteiger partial charge in [-0.2, -0.15) is 4.72 Å². The van der Waals surface area contributed by atoms with Gasteiger partial charge in [-0.1, -0.05) is 0 Å². The van der Waals surface area contributed by atoms with Crippen LogP contribution in [0, 0.1) is 0 Å². The van der Waals surface area contributed by atoms with Gasteiger partial charge in [-0.25, -0.2) is 8.42 Å². The highest BCUT2D eigenvalue weighted by Crippen LogP contribution is 2.16. The summed E-state index contributed by atoms with van der Waals surface area (Å²) in [4.78, 5) is 10.5. The molecule has 0 fully saturated rings. The van der Waals surface area contributed by atoms with Crippen LogP contribution in [-0.2, 0) is 17.1 Å². The van der Waals surface area contributed by atoms with Crippen LogP contribution in [0.1, 0.15) is 29.3 Å². The monoisotopic (exact) mass is 284 g/mol. The van der Waals surface area contributed by atoms with Gasteiger partial charge in [-0.05, 0) is 19.1 Å². The highest BCUT2D eigenvalue weighted by molar-refractivity contribution is 7.89. The summed E-state index contributed by atoms with van der Waals surface area (Å²) in [5.74, 6) is 0.414. The van der Waals surface area contributed by atoms with E-state index in [4.69, 9.17) is 4.42 Å². The van der Waals surface area contributed by atoms with Crippen LogP contribution in [0.15, 0.2) is 28.0 Å².